The fourth-order valence-corrected chi connectivity index (χ4v) is 2.27. The minimum Gasteiger partial charge on any atom is -0.399 e. The molecule has 1 aromatic heterocycles. The number of hydrogen-bond acceptors (Lipinski definition) is 4. The molecule has 0 spiro atoms. The molecule has 2 N–H and O–H groups in total. The monoisotopic (exact) mass is 363 g/mol. The van der Waals surface area contributed by atoms with Gasteiger partial charge in [0.2, 0.25) is 0 Å². The number of unbranched alkanes of at least 4 members (excludes halogenated alkanes) is 1. The van der Waals surface area contributed by atoms with Gasteiger partial charge < -0.3 is 5.73 Å². The van der Waals surface area contributed by atoms with E-state index in [1.165, 1.54) is 4.68 Å². The van der Waals surface area contributed by atoms with Crippen LogP contribution in [0.2, 0.25) is 0 Å². The molecule has 114 valence electrons. The molecule has 0 saturated heterocycles. The lowest BCUT2D eigenvalue weighted by Crippen LogP contribution is -2.09. The Morgan fingerprint density at radius 1 is 1.24 bits per heavy atom. The van der Waals surface area contributed by atoms with Gasteiger partial charge in [-0.2, -0.15) is 13.2 Å². The van der Waals surface area contributed by atoms with Crippen molar-refractivity contribution in [1.29, 1.82) is 0 Å². The van der Waals surface area contributed by atoms with Crippen LogP contribution in [0, 0.1) is 0 Å². The number of alkyl halides is 3. The Kier molecular flexibility index (Phi) is 4.81. The third kappa shape index (κ3) is 4.42. The minimum absolute atomic E-state index is 0.0426. The van der Waals surface area contributed by atoms with Crippen LogP contribution in [0.3, 0.4) is 0 Å². The first kappa shape index (κ1) is 15.7. The first-order chi connectivity index (χ1) is 9.87. The van der Waals surface area contributed by atoms with E-state index in [0.717, 1.165) is 4.47 Å². The molecule has 2 aromatic rings. The second-order valence-electron chi connectivity index (χ2n) is 4.54. The van der Waals surface area contributed by atoms with E-state index in [1.54, 1.807) is 18.2 Å². The van der Waals surface area contributed by atoms with Crippen molar-refractivity contribution in [2.75, 3.05) is 5.73 Å². The quantitative estimate of drug-likeness (QED) is 0.652. The van der Waals surface area contributed by atoms with Gasteiger partial charge in [-0.15, -0.1) is 5.10 Å². The number of rotatable bonds is 5. The van der Waals surface area contributed by atoms with Crippen LogP contribution in [0.5, 0.6) is 0 Å². The minimum atomic E-state index is -4.12. The van der Waals surface area contributed by atoms with Crippen molar-refractivity contribution in [3.63, 3.8) is 0 Å². The van der Waals surface area contributed by atoms with Gasteiger partial charge >= 0.3 is 6.18 Å². The Hall–Kier alpha value is -1.64. The highest BCUT2D eigenvalue weighted by molar-refractivity contribution is 9.10. The molecule has 21 heavy (non-hydrogen) atoms. The van der Waals surface area contributed by atoms with Gasteiger partial charge in [0.1, 0.15) is 0 Å². The second-order valence-corrected chi connectivity index (χ2v) is 5.39. The average molecular weight is 364 g/mol. The van der Waals surface area contributed by atoms with E-state index >= 15 is 0 Å². The largest absolute Gasteiger partial charge is 0.399 e. The summed E-state index contributed by atoms with van der Waals surface area (Å²) in [6.07, 6.45) is -4.54. The lowest BCUT2D eigenvalue weighted by Gasteiger charge is -2.08. The Morgan fingerprint density at radius 2 is 2.00 bits per heavy atom. The topological polar surface area (TPSA) is 69.6 Å². The molecule has 2 rings (SSSR count). The summed E-state index contributed by atoms with van der Waals surface area (Å²) in [5.74, 6) is 0.473. The van der Waals surface area contributed by atoms with Gasteiger partial charge in [-0.05, 0) is 41.5 Å². The number of aromatic nitrogens is 4. The Labute approximate surface area is 127 Å². The first-order valence-corrected chi connectivity index (χ1v) is 7.04. The fourth-order valence-electron chi connectivity index (χ4n) is 1.85. The SMILES string of the molecule is Nc1ccc(Br)c(-c2nnnn2CCCCC(F)(F)F)c1. The summed E-state index contributed by atoms with van der Waals surface area (Å²) in [5.41, 5.74) is 6.99. The van der Waals surface area contributed by atoms with E-state index in [9.17, 15) is 13.2 Å². The highest BCUT2D eigenvalue weighted by atomic mass is 79.9. The van der Waals surface area contributed by atoms with Crippen molar-refractivity contribution in [2.24, 2.45) is 0 Å². The molecule has 9 heteroatoms. The maximum atomic E-state index is 12.1. The van der Waals surface area contributed by atoms with Gasteiger partial charge in [0, 0.05) is 28.7 Å². The molecule has 0 aliphatic heterocycles. The number of hydrogen-bond donors (Lipinski definition) is 1. The standard InChI is InChI=1S/C12H13BrF3N5/c13-10-4-3-8(17)7-9(10)11-18-19-20-21(11)6-2-1-5-12(14,15)16/h3-4,7H,1-2,5-6,17H2. The van der Waals surface area contributed by atoms with E-state index in [2.05, 4.69) is 31.5 Å². The zero-order valence-corrected chi connectivity index (χ0v) is 12.5. The summed E-state index contributed by atoms with van der Waals surface area (Å²) in [7, 11) is 0. The molecule has 0 radical (unpaired) electrons. The summed E-state index contributed by atoms with van der Waals surface area (Å²) in [6, 6.07) is 5.21. The number of anilines is 1. The summed E-state index contributed by atoms with van der Waals surface area (Å²) in [4.78, 5) is 0. The number of aryl methyl sites for hydroxylation is 1. The van der Waals surface area contributed by atoms with E-state index < -0.39 is 12.6 Å². The zero-order chi connectivity index (χ0) is 15.5. The molecule has 0 bridgehead atoms. The molecule has 0 fully saturated rings. The van der Waals surface area contributed by atoms with Crippen LogP contribution in [0.4, 0.5) is 18.9 Å². The van der Waals surface area contributed by atoms with Gasteiger partial charge in [0.05, 0.1) is 0 Å². The van der Waals surface area contributed by atoms with Crippen LogP contribution in [0.15, 0.2) is 22.7 Å². The maximum Gasteiger partial charge on any atom is 0.389 e. The van der Waals surface area contributed by atoms with Gasteiger partial charge in [0.15, 0.2) is 5.82 Å². The first-order valence-electron chi connectivity index (χ1n) is 6.25. The number of nitrogens with zero attached hydrogens (tertiary/aromatic N) is 4. The fraction of sp³-hybridized carbons (Fsp3) is 0.417. The van der Waals surface area contributed by atoms with Crippen molar-refractivity contribution < 1.29 is 13.2 Å². The Balaban J connectivity index is 2.07. The van der Waals surface area contributed by atoms with Crippen LogP contribution >= 0.6 is 15.9 Å². The van der Waals surface area contributed by atoms with Crippen molar-refractivity contribution in [3.8, 4) is 11.4 Å². The van der Waals surface area contributed by atoms with Crippen LogP contribution in [0.25, 0.3) is 11.4 Å². The molecule has 0 aliphatic carbocycles. The third-order valence-corrected chi connectivity index (χ3v) is 3.53. The summed E-state index contributed by atoms with van der Waals surface area (Å²) in [6.45, 7) is 0.319. The smallest absolute Gasteiger partial charge is 0.389 e. The van der Waals surface area contributed by atoms with E-state index in [-0.39, 0.29) is 6.42 Å². The molecular weight excluding hydrogens is 351 g/mol. The molecule has 0 aliphatic rings. The van der Waals surface area contributed by atoms with Gasteiger partial charge in [-0.1, -0.05) is 15.9 Å². The van der Waals surface area contributed by atoms with Crippen molar-refractivity contribution in [1.82, 2.24) is 20.2 Å². The van der Waals surface area contributed by atoms with E-state index in [4.69, 9.17) is 5.73 Å². The van der Waals surface area contributed by atoms with Crippen LogP contribution in [0.1, 0.15) is 19.3 Å². The van der Waals surface area contributed by atoms with Crippen molar-refractivity contribution in [2.45, 2.75) is 32.0 Å². The lowest BCUT2D eigenvalue weighted by atomic mass is 10.2. The predicted molar refractivity (Wildman–Crippen MR) is 75.3 cm³/mol. The number of halogens is 4. The van der Waals surface area contributed by atoms with Crippen LogP contribution < -0.4 is 5.73 Å². The molecule has 0 unspecified atom stereocenters. The average Bonchev–Trinajstić information content (AvgIpc) is 2.85. The van der Waals surface area contributed by atoms with E-state index in [1.807, 2.05) is 0 Å². The zero-order valence-electron chi connectivity index (χ0n) is 10.9. The lowest BCUT2D eigenvalue weighted by molar-refractivity contribution is -0.135. The third-order valence-electron chi connectivity index (χ3n) is 2.84. The molecular formula is C12H13BrF3N5. The highest BCUT2D eigenvalue weighted by Crippen LogP contribution is 2.28. The second kappa shape index (κ2) is 6.42. The number of nitrogens with two attached hydrogens (primary N) is 1. The summed E-state index contributed by atoms with van der Waals surface area (Å²) >= 11 is 3.38. The normalized spacial score (nSPS) is 11.8. The highest BCUT2D eigenvalue weighted by Gasteiger charge is 2.26. The molecule has 0 atom stereocenters. The Bertz CT molecular complexity index is 611. The van der Waals surface area contributed by atoms with Gasteiger partial charge in [-0.25, -0.2) is 4.68 Å². The van der Waals surface area contributed by atoms with Crippen molar-refractivity contribution in [3.05, 3.63) is 22.7 Å². The molecule has 1 heterocycles. The van der Waals surface area contributed by atoms with Gasteiger partial charge in [0.25, 0.3) is 0 Å². The van der Waals surface area contributed by atoms with Crippen molar-refractivity contribution >= 4 is 21.6 Å². The molecule has 5 nitrogen and oxygen atoms in total. The Morgan fingerprint density at radius 3 is 2.71 bits per heavy atom. The number of benzene rings is 1. The predicted octanol–water partition coefficient (Wildman–Crippen LogP) is 3.42. The van der Waals surface area contributed by atoms with E-state index in [0.29, 0.717) is 30.0 Å². The molecule has 0 amide bonds. The van der Waals surface area contributed by atoms with Crippen LogP contribution in [-0.2, 0) is 6.54 Å². The van der Waals surface area contributed by atoms with Gasteiger partial charge in [-0.3, -0.25) is 0 Å². The summed E-state index contributed by atoms with van der Waals surface area (Å²) < 4.78 is 38.5. The maximum absolute atomic E-state index is 12.1. The molecule has 1 aromatic carbocycles. The summed E-state index contributed by atoms with van der Waals surface area (Å²) in [5, 5.41) is 11.3. The number of tetrazole rings is 1. The molecule has 0 saturated carbocycles. The number of nitrogen functional groups attached to an aromatic ring is 1. The van der Waals surface area contributed by atoms with Crippen LogP contribution in [-0.4, -0.2) is 26.4 Å².